The van der Waals surface area contributed by atoms with E-state index in [1.54, 1.807) is 6.92 Å². The van der Waals surface area contributed by atoms with Gasteiger partial charge in [-0.3, -0.25) is 0 Å². The molecule has 13 heavy (non-hydrogen) atoms. The topological polar surface area (TPSA) is 87.7 Å². The molecule has 1 saturated carbocycles. The van der Waals surface area contributed by atoms with Crippen molar-refractivity contribution >= 4 is 11.7 Å². The highest BCUT2D eigenvalue weighted by molar-refractivity contribution is 5.91. The summed E-state index contributed by atoms with van der Waals surface area (Å²) in [5.74, 6) is 0. The van der Waals surface area contributed by atoms with Crippen LogP contribution in [0.3, 0.4) is 0 Å². The van der Waals surface area contributed by atoms with E-state index in [2.05, 4.69) is 10.5 Å². The normalized spacial score (nSPS) is 21.5. The second-order valence-corrected chi connectivity index (χ2v) is 3.41. The van der Waals surface area contributed by atoms with E-state index in [-0.39, 0.29) is 0 Å². The fourth-order valence-electron chi connectivity index (χ4n) is 1.56. The molecule has 0 heterocycles. The van der Waals surface area contributed by atoms with Gasteiger partial charge >= 0.3 is 6.03 Å². The zero-order valence-corrected chi connectivity index (χ0v) is 7.71. The molecule has 0 atom stereocenters. The Bertz CT molecular complexity index is 232. The molecule has 0 spiro atoms. The van der Waals surface area contributed by atoms with E-state index in [0.717, 1.165) is 12.8 Å². The van der Waals surface area contributed by atoms with Crippen molar-refractivity contribution in [2.24, 2.45) is 10.8 Å². The maximum atomic E-state index is 10.3. The first-order valence-corrected chi connectivity index (χ1v) is 4.37. The molecule has 1 aliphatic rings. The summed E-state index contributed by atoms with van der Waals surface area (Å²) in [6.45, 7) is 1.70. The third kappa shape index (κ3) is 2.42. The van der Waals surface area contributed by atoms with Crippen LogP contribution in [0.15, 0.2) is 5.10 Å². The smallest absolute Gasteiger partial charge is 0.332 e. The number of hydrogen-bond donors (Lipinski definition) is 3. The second-order valence-electron chi connectivity index (χ2n) is 3.41. The number of hydrogen-bond acceptors (Lipinski definition) is 3. The van der Waals surface area contributed by atoms with Crippen molar-refractivity contribution in [1.29, 1.82) is 0 Å². The van der Waals surface area contributed by atoms with Crippen molar-refractivity contribution in [3.05, 3.63) is 0 Å². The fraction of sp³-hybridized carbons (Fsp3) is 0.750. The standard InChI is InChI=1S/C8H15N3O2/c1-6(10-11-7(9)12)8(13)4-2-3-5-8/h13H,2-5H2,1H3,(H3,9,11,12). The van der Waals surface area contributed by atoms with Crippen LogP contribution >= 0.6 is 0 Å². The second kappa shape index (κ2) is 3.74. The molecule has 0 unspecified atom stereocenters. The summed E-state index contributed by atoms with van der Waals surface area (Å²) in [5, 5.41) is 13.7. The Labute approximate surface area is 77.0 Å². The van der Waals surface area contributed by atoms with Gasteiger partial charge in [0.15, 0.2) is 0 Å². The summed E-state index contributed by atoms with van der Waals surface area (Å²) in [4.78, 5) is 10.3. The van der Waals surface area contributed by atoms with Crippen LogP contribution in [0.1, 0.15) is 32.6 Å². The van der Waals surface area contributed by atoms with E-state index < -0.39 is 11.6 Å². The monoisotopic (exact) mass is 185 g/mol. The van der Waals surface area contributed by atoms with Crippen LogP contribution in [0, 0.1) is 0 Å². The van der Waals surface area contributed by atoms with Crippen molar-refractivity contribution < 1.29 is 9.90 Å². The van der Waals surface area contributed by atoms with Gasteiger partial charge in [0, 0.05) is 0 Å². The van der Waals surface area contributed by atoms with Crippen LogP contribution in [-0.2, 0) is 0 Å². The van der Waals surface area contributed by atoms with E-state index in [1.807, 2.05) is 0 Å². The molecule has 1 rings (SSSR count). The molecule has 0 radical (unpaired) electrons. The lowest BCUT2D eigenvalue weighted by atomic mass is 9.97. The predicted molar refractivity (Wildman–Crippen MR) is 49.2 cm³/mol. The molecule has 2 amide bonds. The molecule has 74 valence electrons. The van der Waals surface area contributed by atoms with Gasteiger partial charge in [0.05, 0.1) is 5.71 Å². The molecular formula is C8H15N3O2. The minimum atomic E-state index is -0.831. The molecule has 0 bridgehead atoms. The number of nitrogens with zero attached hydrogens (tertiary/aromatic N) is 1. The number of aliphatic hydroxyl groups is 1. The molecule has 5 nitrogen and oxygen atoms in total. The van der Waals surface area contributed by atoms with Crippen molar-refractivity contribution in [3.8, 4) is 0 Å². The molecule has 0 aromatic rings. The maximum Gasteiger partial charge on any atom is 0.332 e. The van der Waals surface area contributed by atoms with Crippen LogP contribution in [0.5, 0.6) is 0 Å². The lowest BCUT2D eigenvalue weighted by molar-refractivity contribution is 0.119. The van der Waals surface area contributed by atoms with E-state index in [1.165, 1.54) is 0 Å². The summed E-state index contributed by atoms with van der Waals surface area (Å²) >= 11 is 0. The van der Waals surface area contributed by atoms with E-state index in [9.17, 15) is 9.90 Å². The highest BCUT2D eigenvalue weighted by Crippen LogP contribution is 2.30. The number of primary amides is 1. The third-order valence-corrected chi connectivity index (χ3v) is 2.44. The SMILES string of the molecule is CC(=NNC(N)=O)C1(O)CCCC1. The number of rotatable bonds is 2. The van der Waals surface area contributed by atoms with Crippen molar-refractivity contribution in [2.45, 2.75) is 38.2 Å². The molecule has 5 heteroatoms. The maximum absolute atomic E-state index is 10.3. The summed E-state index contributed by atoms with van der Waals surface area (Å²) in [7, 11) is 0. The van der Waals surface area contributed by atoms with Gasteiger partial charge in [-0.2, -0.15) is 5.10 Å². The number of carbonyl (C=O) groups excluding carboxylic acids is 1. The average Bonchev–Trinajstić information content (AvgIpc) is 2.49. The number of nitrogens with two attached hydrogens (primary N) is 1. The fourth-order valence-corrected chi connectivity index (χ4v) is 1.56. The van der Waals surface area contributed by atoms with Crippen molar-refractivity contribution in [3.63, 3.8) is 0 Å². The Hall–Kier alpha value is -1.10. The highest BCUT2D eigenvalue weighted by Gasteiger charge is 2.34. The third-order valence-electron chi connectivity index (χ3n) is 2.44. The van der Waals surface area contributed by atoms with Crippen LogP contribution in [-0.4, -0.2) is 22.5 Å². The largest absolute Gasteiger partial charge is 0.384 e. The molecule has 0 aromatic carbocycles. The first-order chi connectivity index (χ1) is 6.04. The van der Waals surface area contributed by atoms with E-state index in [4.69, 9.17) is 5.73 Å². The zero-order valence-electron chi connectivity index (χ0n) is 7.71. The van der Waals surface area contributed by atoms with Crippen molar-refractivity contribution in [2.75, 3.05) is 0 Å². The molecular weight excluding hydrogens is 170 g/mol. The van der Waals surface area contributed by atoms with Gasteiger partial charge in [-0.25, -0.2) is 10.2 Å². The zero-order chi connectivity index (χ0) is 9.90. The number of amides is 2. The molecule has 0 aromatic heterocycles. The van der Waals surface area contributed by atoms with Gasteiger partial charge in [-0.05, 0) is 19.8 Å². The van der Waals surface area contributed by atoms with Gasteiger partial charge in [0.25, 0.3) is 0 Å². The Balaban J connectivity index is 2.59. The highest BCUT2D eigenvalue weighted by atomic mass is 16.3. The first kappa shape index (κ1) is 9.98. The molecule has 0 saturated heterocycles. The number of hydrazone groups is 1. The Morgan fingerprint density at radius 3 is 2.54 bits per heavy atom. The van der Waals surface area contributed by atoms with Gasteiger partial charge in [0.1, 0.15) is 5.60 Å². The first-order valence-electron chi connectivity index (χ1n) is 4.37. The quantitative estimate of drug-likeness (QED) is 0.427. The molecule has 4 N–H and O–H groups in total. The summed E-state index contributed by atoms with van der Waals surface area (Å²) < 4.78 is 0. The van der Waals surface area contributed by atoms with Gasteiger partial charge in [0.2, 0.25) is 0 Å². The van der Waals surface area contributed by atoms with Crippen molar-refractivity contribution in [1.82, 2.24) is 5.43 Å². The van der Waals surface area contributed by atoms with E-state index in [0.29, 0.717) is 18.6 Å². The molecule has 1 aliphatic carbocycles. The predicted octanol–water partition coefficient (Wildman–Crippen LogP) is 0.336. The van der Waals surface area contributed by atoms with Crippen LogP contribution < -0.4 is 11.2 Å². The minimum absolute atomic E-state index is 0.531. The lowest BCUT2D eigenvalue weighted by Gasteiger charge is -2.21. The van der Waals surface area contributed by atoms with E-state index >= 15 is 0 Å². The van der Waals surface area contributed by atoms with Gasteiger partial charge < -0.3 is 10.8 Å². The van der Waals surface area contributed by atoms with Gasteiger partial charge in [-0.1, -0.05) is 12.8 Å². The summed E-state index contributed by atoms with van der Waals surface area (Å²) in [5.41, 5.74) is 6.66. The number of carbonyl (C=O) groups is 1. The average molecular weight is 185 g/mol. The molecule has 0 aliphatic heterocycles. The van der Waals surface area contributed by atoms with Gasteiger partial charge in [-0.15, -0.1) is 0 Å². The number of nitrogens with one attached hydrogen (secondary N) is 1. The lowest BCUT2D eigenvalue weighted by Crippen LogP contribution is -2.36. The Morgan fingerprint density at radius 1 is 1.54 bits per heavy atom. The number of urea groups is 1. The molecule has 1 fully saturated rings. The minimum Gasteiger partial charge on any atom is -0.384 e. The Morgan fingerprint density at radius 2 is 2.08 bits per heavy atom. The van der Waals surface area contributed by atoms with Crippen LogP contribution in [0.25, 0.3) is 0 Å². The summed E-state index contributed by atoms with van der Waals surface area (Å²) in [6, 6.07) is -0.707. The van der Waals surface area contributed by atoms with Crippen LogP contribution in [0.4, 0.5) is 4.79 Å². The van der Waals surface area contributed by atoms with Crippen LogP contribution in [0.2, 0.25) is 0 Å². The Kier molecular flexibility index (Phi) is 2.87. The summed E-state index contributed by atoms with van der Waals surface area (Å²) in [6.07, 6.45) is 3.42.